The van der Waals surface area contributed by atoms with Crippen LogP contribution < -0.4 is 15.3 Å². The Bertz CT molecular complexity index is 2200. The minimum Gasteiger partial charge on any atom is -0.465 e. The van der Waals surface area contributed by atoms with Crippen molar-refractivity contribution in [3.8, 4) is 11.1 Å². The number of benzene rings is 4. The molecule has 0 radical (unpaired) electrons. The van der Waals surface area contributed by atoms with Crippen LogP contribution in [0.2, 0.25) is 0 Å². The number of fused-ring (bicyclic) bond motifs is 2. The summed E-state index contributed by atoms with van der Waals surface area (Å²) >= 11 is 3.44. The number of carbonyl (C=O) groups is 4. The number of hydrogen-bond acceptors (Lipinski definition) is 8. The highest BCUT2D eigenvalue weighted by molar-refractivity contribution is 9.10. The maximum absolute atomic E-state index is 14.1. The second kappa shape index (κ2) is 19.4. The predicted molar refractivity (Wildman–Crippen MR) is 230 cm³/mol. The van der Waals surface area contributed by atoms with Crippen molar-refractivity contribution in [2.75, 3.05) is 37.1 Å². The molecule has 3 aliphatic heterocycles. The van der Waals surface area contributed by atoms with E-state index < -0.39 is 41.9 Å². The lowest BCUT2D eigenvalue weighted by atomic mass is 9.78. The molecule has 1 fully saturated rings. The quantitative estimate of drug-likeness (QED) is 0.140. The number of nitrogens with zero attached hydrogens (tertiary/aromatic N) is 2. The lowest BCUT2D eigenvalue weighted by molar-refractivity contribution is -0.119. The topological polar surface area (TPSA) is 112 Å². The number of carbonyl (C=O) groups excluding carboxylic acids is 4. The molecule has 0 aliphatic carbocycles. The largest absolute Gasteiger partial charge is 0.494 e. The molecule has 0 atom stereocenters. The van der Waals surface area contributed by atoms with Gasteiger partial charge in [0, 0.05) is 41.8 Å². The van der Waals surface area contributed by atoms with E-state index in [4.69, 9.17) is 9.31 Å². The van der Waals surface area contributed by atoms with Crippen molar-refractivity contribution in [1.82, 2.24) is 0 Å². The van der Waals surface area contributed by atoms with Crippen LogP contribution >= 0.6 is 15.9 Å². The molecular weight excluding hydrogens is 825 g/mol. The summed E-state index contributed by atoms with van der Waals surface area (Å²) < 4.78 is 49.8. The Morgan fingerprint density at radius 1 is 0.678 bits per heavy atom. The van der Waals surface area contributed by atoms with Gasteiger partial charge in [-0.3, -0.25) is 9.59 Å². The molecule has 4 aromatic rings. The number of halogens is 3. The van der Waals surface area contributed by atoms with Crippen LogP contribution in [0.4, 0.5) is 20.2 Å². The van der Waals surface area contributed by atoms with Crippen molar-refractivity contribution in [3.63, 3.8) is 0 Å². The predicted octanol–water partition coefficient (Wildman–Crippen LogP) is 8.87. The number of rotatable bonds is 6. The third kappa shape index (κ3) is 10.3. The Balaban J connectivity index is 0.000000200. The number of hydrogen-bond donors (Lipinski definition) is 0. The van der Waals surface area contributed by atoms with Crippen LogP contribution in [0.25, 0.3) is 11.1 Å². The summed E-state index contributed by atoms with van der Waals surface area (Å²) in [5, 5.41) is 0. The Labute approximate surface area is 354 Å². The fraction of sp³-hybridized carbons (Fsp3) is 0.378. The molecule has 10 nitrogen and oxygen atoms in total. The average Bonchev–Trinajstić information content (AvgIpc) is 3.89. The molecule has 7 rings (SSSR count). The molecule has 3 aliphatic rings. The summed E-state index contributed by atoms with van der Waals surface area (Å²) in [6, 6.07) is 20.5. The molecule has 0 aromatic heterocycles. The van der Waals surface area contributed by atoms with Crippen LogP contribution in [-0.4, -0.2) is 69.4 Å². The van der Waals surface area contributed by atoms with Gasteiger partial charge in [-0.05, 0) is 123 Å². The third-order valence-corrected chi connectivity index (χ3v) is 11.2. The summed E-state index contributed by atoms with van der Waals surface area (Å²) in [5.41, 5.74) is 5.26. The molecule has 0 spiro atoms. The van der Waals surface area contributed by atoms with Gasteiger partial charge in [0.1, 0.15) is 11.6 Å². The number of esters is 2. The van der Waals surface area contributed by atoms with Crippen molar-refractivity contribution in [1.29, 1.82) is 0 Å². The first-order valence-electron chi connectivity index (χ1n) is 19.1. The van der Waals surface area contributed by atoms with Gasteiger partial charge in [-0.25, -0.2) is 18.4 Å². The molecule has 314 valence electrons. The molecule has 59 heavy (non-hydrogen) atoms. The van der Waals surface area contributed by atoms with Crippen LogP contribution in [0.5, 0.6) is 0 Å². The van der Waals surface area contributed by atoms with Crippen LogP contribution in [0.15, 0.2) is 77.3 Å². The third-order valence-electron chi connectivity index (χ3n) is 10.8. The molecule has 0 saturated carbocycles. The zero-order chi connectivity index (χ0) is 42.5. The van der Waals surface area contributed by atoms with Crippen LogP contribution in [-0.2, 0) is 41.2 Å². The lowest BCUT2D eigenvalue weighted by Crippen LogP contribution is -2.41. The van der Waals surface area contributed by atoms with E-state index in [1.807, 2.05) is 76.8 Å². The highest BCUT2D eigenvalue weighted by Gasteiger charge is 2.51. The smallest absolute Gasteiger partial charge is 0.465 e. The fourth-order valence-corrected chi connectivity index (χ4v) is 7.16. The van der Waals surface area contributed by atoms with Crippen LogP contribution in [0.1, 0.15) is 93.7 Å². The van der Waals surface area contributed by atoms with Gasteiger partial charge < -0.3 is 28.6 Å². The minimum atomic E-state index is -0.706. The summed E-state index contributed by atoms with van der Waals surface area (Å²) in [7, 11) is 1.78. The van der Waals surface area contributed by atoms with Crippen molar-refractivity contribution in [2.24, 2.45) is 0 Å². The first-order valence-corrected chi connectivity index (χ1v) is 19.9. The summed E-state index contributed by atoms with van der Waals surface area (Å²) in [6.45, 7) is 13.0. The number of anilines is 2. The number of ether oxygens (including phenoxy) is 2. The van der Waals surface area contributed by atoms with Gasteiger partial charge >= 0.3 is 19.1 Å². The lowest BCUT2D eigenvalue weighted by Gasteiger charge is -2.32. The van der Waals surface area contributed by atoms with E-state index in [1.54, 1.807) is 17.0 Å². The highest BCUT2D eigenvalue weighted by Crippen LogP contribution is 2.37. The average molecular weight is 878 g/mol. The second-order valence-corrected chi connectivity index (χ2v) is 15.8. The standard InChI is InChI=1S/C19H18FNO3.C14H18BFO4.C11H12BrNO.CH4/c1-3-18(22)21-9-8-14-10-12(5-7-17(14)21)13-4-6-15(16(20)11-13)19(23)24-2;1-13(2)14(3,4)20-15(19-13)9-6-7-10(11(16)8-9)12(17)18-5;1-2-11(14)13-6-5-8-7-9(12)3-4-10(8)13;/h4-7,10-11H,3,8-9H2,1-2H3;6-8H,1-5H3;3-4,7H,2,5-6H2,1H3;1H4. The molecule has 0 bridgehead atoms. The normalized spacial score (nSPS) is 15.4. The van der Waals surface area contributed by atoms with Gasteiger partial charge in [0.15, 0.2) is 0 Å². The molecule has 0 unspecified atom stereocenters. The first-order chi connectivity index (χ1) is 27.4. The SMILES string of the molecule is C.CCC(=O)N1CCc2cc(-c3ccc(C(=O)OC)c(F)c3)ccc21.CCC(=O)N1CCc2cc(Br)ccc21.COC(=O)c1ccc(B2OC(C)(C)C(C)(C)O2)cc1F. The molecule has 4 aromatic carbocycles. The zero-order valence-electron chi connectivity index (χ0n) is 34.0. The van der Waals surface area contributed by atoms with E-state index in [0.717, 1.165) is 46.4 Å². The number of methoxy groups -OCH3 is 2. The van der Waals surface area contributed by atoms with Gasteiger partial charge in [-0.1, -0.05) is 55.4 Å². The molecule has 3 heterocycles. The Kier molecular flexibility index (Phi) is 15.4. The molecule has 1 saturated heterocycles. The molecular formula is C45H52BBrF2N2O8. The minimum absolute atomic E-state index is 0. The van der Waals surface area contributed by atoms with Crippen molar-refractivity contribution < 1.29 is 46.7 Å². The number of amides is 2. The highest BCUT2D eigenvalue weighted by atomic mass is 79.9. The fourth-order valence-electron chi connectivity index (χ4n) is 6.75. The van der Waals surface area contributed by atoms with E-state index in [-0.39, 0.29) is 30.4 Å². The van der Waals surface area contributed by atoms with Crippen LogP contribution in [0.3, 0.4) is 0 Å². The molecule has 0 N–H and O–H groups in total. The van der Waals surface area contributed by atoms with Crippen molar-refractivity contribution >= 4 is 63.6 Å². The Morgan fingerprint density at radius 2 is 1.12 bits per heavy atom. The first kappa shape index (κ1) is 46.8. The summed E-state index contributed by atoms with van der Waals surface area (Å²) in [4.78, 5) is 50.0. The Hall–Kier alpha value is -4.92. The monoisotopic (exact) mass is 876 g/mol. The maximum Gasteiger partial charge on any atom is 0.494 e. The molecule has 14 heteroatoms. The van der Waals surface area contributed by atoms with E-state index in [0.29, 0.717) is 30.4 Å². The van der Waals surface area contributed by atoms with E-state index in [2.05, 4.69) is 31.5 Å². The Morgan fingerprint density at radius 3 is 1.59 bits per heavy atom. The summed E-state index contributed by atoms with van der Waals surface area (Å²) in [6.07, 6.45) is 2.81. The van der Waals surface area contributed by atoms with Gasteiger partial charge in [0.25, 0.3) is 0 Å². The second-order valence-electron chi connectivity index (χ2n) is 14.9. The van der Waals surface area contributed by atoms with Crippen molar-refractivity contribution in [2.45, 2.75) is 85.9 Å². The van der Waals surface area contributed by atoms with Crippen LogP contribution in [0, 0.1) is 11.6 Å². The van der Waals surface area contributed by atoms with E-state index in [9.17, 15) is 28.0 Å². The summed E-state index contributed by atoms with van der Waals surface area (Å²) in [5.74, 6) is -2.34. The van der Waals surface area contributed by atoms with E-state index >= 15 is 0 Å². The van der Waals surface area contributed by atoms with Crippen molar-refractivity contribution in [3.05, 3.63) is 111 Å². The zero-order valence-corrected chi connectivity index (χ0v) is 35.6. The van der Waals surface area contributed by atoms with Gasteiger partial charge in [0.2, 0.25) is 11.8 Å². The molecule has 2 amide bonds. The van der Waals surface area contributed by atoms with Gasteiger partial charge in [-0.2, -0.15) is 0 Å². The van der Waals surface area contributed by atoms with Gasteiger partial charge in [-0.15, -0.1) is 0 Å². The maximum atomic E-state index is 14.1. The van der Waals surface area contributed by atoms with E-state index in [1.165, 1.54) is 44.0 Å². The van der Waals surface area contributed by atoms with Gasteiger partial charge in [0.05, 0.1) is 36.5 Å².